The van der Waals surface area contributed by atoms with E-state index in [9.17, 15) is 9.59 Å². The lowest BCUT2D eigenvalue weighted by Crippen LogP contribution is -2.34. The molecule has 3 heterocycles. The van der Waals surface area contributed by atoms with Crippen molar-refractivity contribution in [1.82, 2.24) is 19.9 Å². The number of nitrogens with zero attached hydrogens (tertiary/aromatic N) is 3. The van der Waals surface area contributed by atoms with Gasteiger partial charge in [-0.3, -0.25) is 14.2 Å². The van der Waals surface area contributed by atoms with Gasteiger partial charge in [0.25, 0.3) is 11.5 Å². The molecule has 1 N–H and O–H groups in total. The molecule has 0 aliphatic carbocycles. The van der Waals surface area contributed by atoms with Crippen LogP contribution in [0.25, 0.3) is 5.69 Å². The summed E-state index contributed by atoms with van der Waals surface area (Å²) in [4.78, 5) is 34.6. The summed E-state index contributed by atoms with van der Waals surface area (Å²) in [5.41, 5.74) is 2.69. The number of ether oxygens (including phenoxy) is 2. The number of nitrogens with one attached hydrogen (secondary N) is 1. The third-order valence-corrected chi connectivity index (χ3v) is 4.82. The molecule has 1 amide bonds. The molecule has 154 valence electrons. The number of carbonyl (C=O) groups excluding carboxylic acids is 1. The highest BCUT2D eigenvalue weighted by Crippen LogP contribution is 2.33. The fourth-order valence-corrected chi connectivity index (χ4v) is 3.43. The molecule has 8 nitrogen and oxygen atoms in total. The fraction of sp³-hybridized carbons (Fsp3) is 0.273. The molecule has 0 saturated heterocycles. The number of hydrogen-bond acceptors (Lipinski definition) is 6. The number of carbonyl (C=O) groups is 1. The Morgan fingerprint density at radius 3 is 2.57 bits per heavy atom. The SMILES string of the molecule is Cc1cc(C)nc(CCNC(=O)c2c(C)ccn(-c3ccc4c(c3)OCO4)c2=O)n1. The Labute approximate surface area is 173 Å². The van der Waals surface area contributed by atoms with Gasteiger partial charge < -0.3 is 14.8 Å². The maximum absolute atomic E-state index is 13.1. The molecule has 0 atom stereocenters. The van der Waals surface area contributed by atoms with Crippen molar-refractivity contribution in [3.8, 4) is 17.2 Å². The van der Waals surface area contributed by atoms with Gasteiger partial charge in [0.1, 0.15) is 11.4 Å². The van der Waals surface area contributed by atoms with Gasteiger partial charge in [-0.25, -0.2) is 9.97 Å². The van der Waals surface area contributed by atoms with E-state index in [1.807, 2.05) is 19.9 Å². The lowest BCUT2D eigenvalue weighted by Gasteiger charge is -2.12. The van der Waals surface area contributed by atoms with Crippen LogP contribution in [-0.2, 0) is 6.42 Å². The van der Waals surface area contributed by atoms with Gasteiger partial charge in [0, 0.05) is 36.6 Å². The van der Waals surface area contributed by atoms with Crippen LogP contribution < -0.4 is 20.3 Å². The first-order valence-electron chi connectivity index (χ1n) is 9.64. The second-order valence-corrected chi connectivity index (χ2v) is 7.16. The lowest BCUT2D eigenvalue weighted by atomic mass is 10.1. The van der Waals surface area contributed by atoms with Crippen LogP contribution >= 0.6 is 0 Å². The van der Waals surface area contributed by atoms with E-state index in [4.69, 9.17) is 9.47 Å². The van der Waals surface area contributed by atoms with E-state index in [2.05, 4.69) is 15.3 Å². The topological polar surface area (TPSA) is 95.3 Å². The summed E-state index contributed by atoms with van der Waals surface area (Å²) >= 11 is 0. The predicted octanol–water partition coefficient (Wildman–Crippen LogP) is 2.25. The van der Waals surface area contributed by atoms with Crippen LogP contribution in [-0.4, -0.2) is 33.8 Å². The molecule has 0 unspecified atom stereocenters. The average molecular weight is 406 g/mol. The molecule has 0 saturated carbocycles. The Balaban J connectivity index is 1.54. The van der Waals surface area contributed by atoms with Gasteiger partial charge in [0.15, 0.2) is 11.5 Å². The molecule has 30 heavy (non-hydrogen) atoms. The van der Waals surface area contributed by atoms with Crippen LogP contribution in [0.1, 0.15) is 33.1 Å². The van der Waals surface area contributed by atoms with E-state index in [-0.39, 0.29) is 12.4 Å². The monoisotopic (exact) mass is 406 g/mol. The summed E-state index contributed by atoms with van der Waals surface area (Å²) in [6.45, 7) is 6.04. The van der Waals surface area contributed by atoms with E-state index in [1.165, 1.54) is 4.57 Å². The number of hydrogen-bond donors (Lipinski definition) is 1. The summed E-state index contributed by atoms with van der Waals surface area (Å²) in [6, 6.07) is 8.86. The van der Waals surface area contributed by atoms with Crippen LogP contribution in [0.5, 0.6) is 11.5 Å². The summed E-state index contributed by atoms with van der Waals surface area (Å²) < 4.78 is 12.1. The molecule has 3 aromatic rings. The standard InChI is InChI=1S/C22H22N4O4/c1-13-7-9-26(16-4-5-17-18(11-16)30-12-29-17)22(28)20(13)21(27)23-8-6-19-24-14(2)10-15(3)25-19/h4-5,7,9-11H,6,8,12H2,1-3H3,(H,23,27). The van der Waals surface area contributed by atoms with Gasteiger partial charge in [-0.2, -0.15) is 0 Å². The normalized spacial score (nSPS) is 12.1. The van der Waals surface area contributed by atoms with Gasteiger partial charge in [0.2, 0.25) is 6.79 Å². The van der Waals surface area contributed by atoms with Crippen molar-refractivity contribution in [2.24, 2.45) is 0 Å². The third kappa shape index (κ3) is 3.89. The smallest absolute Gasteiger partial charge is 0.268 e. The number of rotatable bonds is 5. The van der Waals surface area contributed by atoms with Crippen LogP contribution in [0, 0.1) is 20.8 Å². The minimum atomic E-state index is -0.419. The van der Waals surface area contributed by atoms with Crippen molar-refractivity contribution >= 4 is 5.91 Å². The average Bonchev–Trinajstić information content (AvgIpc) is 3.15. The molecule has 1 aliphatic heterocycles. The van der Waals surface area contributed by atoms with Crippen molar-refractivity contribution in [2.75, 3.05) is 13.3 Å². The molecular weight excluding hydrogens is 384 g/mol. The Morgan fingerprint density at radius 1 is 1.07 bits per heavy atom. The zero-order valence-corrected chi connectivity index (χ0v) is 17.1. The van der Waals surface area contributed by atoms with Gasteiger partial charge in [-0.15, -0.1) is 0 Å². The first-order chi connectivity index (χ1) is 14.4. The van der Waals surface area contributed by atoms with Crippen molar-refractivity contribution in [3.05, 3.63) is 75.2 Å². The number of aromatic nitrogens is 3. The summed E-state index contributed by atoms with van der Waals surface area (Å²) in [5.74, 6) is 1.44. The molecule has 2 aromatic heterocycles. The minimum Gasteiger partial charge on any atom is -0.454 e. The number of benzene rings is 1. The number of pyridine rings is 1. The number of fused-ring (bicyclic) bond motifs is 1. The van der Waals surface area contributed by atoms with Crippen LogP contribution in [0.4, 0.5) is 0 Å². The van der Waals surface area contributed by atoms with Gasteiger partial charge in [-0.1, -0.05) is 0 Å². The maximum atomic E-state index is 13.1. The molecule has 0 bridgehead atoms. The van der Waals surface area contributed by atoms with Crippen LogP contribution in [0.2, 0.25) is 0 Å². The molecule has 0 radical (unpaired) electrons. The molecule has 8 heteroatoms. The highest BCUT2D eigenvalue weighted by Gasteiger charge is 2.18. The molecule has 0 spiro atoms. The molecular formula is C22H22N4O4. The highest BCUT2D eigenvalue weighted by molar-refractivity contribution is 5.95. The van der Waals surface area contributed by atoms with Crippen molar-refractivity contribution < 1.29 is 14.3 Å². The lowest BCUT2D eigenvalue weighted by molar-refractivity contribution is 0.0951. The summed E-state index contributed by atoms with van der Waals surface area (Å²) in [7, 11) is 0. The van der Waals surface area contributed by atoms with E-state index in [1.54, 1.807) is 37.4 Å². The van der Waals surface area contributed by atoms with Crippen molar-refractivity contribution in [2.45, 2.75) is 27.2 Å². The van der Waals surface area contributed by atoms with Gasteiger partial charge in [-0.05, 0) is 50.6 Å². The Hall–Kier alpha value is -3.68. The Morgan fingerprint density at radius 2 is 1.80 bits per heavy atom. The largest absolute Gasteiger partial charge is 0.454 e. The van der Waals surface area contributed by atoms with E-state index >= 15 is 0 Å². The first kappa shape index (κ1) is 19.6. The van der Waals surface area contributed by atoms with Gasteiger partial charge in [0.05, 0.1) is 5.69 Å². The van der Waals surface area contributed by atoms with E-state index in [0.29, 0.717) is 41.5 Å². The quantitative estimate of drug-likeness (QED) is 0.698. The summed E-state index contributed by atoms with van der Waals surface area (Å²) in [5, 5.41) is 2.81. The minimum absolute atomic E-state index is 0.108. The van der Waals surface area contributed by atoms with Crippen molar-refractivity contribution in [1.29, 1.82) is 0 Å². The summed E-state index contributed by atoms with van der Waals surface area (Å²) in [6.07, 6.45) is 2.13. The number of amides is 1. The zero-order valence-electron chi connectivity index (χ0n) is 17.1. The maximum Gasteiger partial charge on any atom is 0.268 e. The fourth-order valence-electron chi connectivity index (χ4n) is 3.43. The number of aryl methyl sites for hydroxylation is 3. The van der Waals surface area contributed by atoms with Crippen LogP contribution in [0.3, 0.4) is 0 Å². The predicted molar refractivity (Wildman–Crippen MR) is 110 cm³/mol. The molecule has 1 aliphatic rings. The highest BCUT2D eigenvalue weighted by atomic mass is 16.7. The second-order valence-electron chi connectivity index (χ2n) is 7.16. The van der Waals surface area contributed by atoms with Crippen LogP contribution in [0.15, 0.2) is 41.3 Å². The Bertz CT molecular complexity index is 1170. The van der Waals surface area contributed by atoms with E-state index < -0.39 is 11.5 Å². The van der Waals surface area contributed by atoms with Crippen molar-refractivity contribution in [3.63, 3.8) is 0 Å². The van der Waals surface area contributed by atoms with Gasteiger partial charge >= 0.3 is 0 Å². The second kappa shape index (κ2) is 7.98. The first-order valence-corrected chi connectivity index (χ1v) is 9.64. The molecule has 1 aromatic carbocycles. The molecule has 4 rings (SSSR count). The third-order valence-electron chi connectivity index (χ3n) is 4.82. The van der Waals surface area contributed by atoms with E-state index in [0.717, 1.165) is 11.4 Å². The Kier molecular flexibility index (Phi) is 5.22. The zero-order chi connectivity index (χ0) is 21.3. The molecule has 0 fully saturated rings.